The number of hydrogen-bond acceptors (Lipinski definition) is 6. The molecule has 6 nitrogen and oxygen atoms in total. The van der Waals surface area contributed by atoms with Crippen LogP contribution in [0.15, 0.2) is 116 Å². The van der Waals surface area contributed by atoms with Crippen molar-refractivity contribution in [2.75, 3.05) is 19.8 Å². The summed E-state index contributed by atoms with van der Waals surface area (Å²) < 4.78 is 91.3. The van der Waals surface area contributed by atoms with Gasteiger partial charge in [-0.25, -0.2) is 36.3 Å². The van der Waals surface area contributed by atoms with Crippen LogP contribution in [0.1, 0.15) is 158 Å². The van der Waals surface area contributed by atoms with E-state index in [0.717, 1.165) is 65.8 Å². The molecule has 0 amide bonds. The molecule has 7 aromatic rings. The number of pyridine rings is 1. The van der Waals surface area contributed by atoms with E-state index in [-0.39, 0.29) is 23.5 Å². The van der Waals surface area contributed by atoms with Crippen molar-refractivity contribution >= 4 is 0 Å². The van der Waals surface area contributed by atoms with Gasteiger partial charge >= 0.3 is 0 Å². The summed E-state index contributed by atoms with van der Waals surface area (Å²) in [6.45, 7) is 41.3. The Morgan fingerprint density at radius 3 is 0.988 bits per heavy atom. The van der Waals surface area contributed by atoms with Gasteiger partial charge in [0.15, 0.2) is 17.9 Å². The summed E-state index contributed by atoms with van der Waals surface area (Å²) in [5.41, 5.74) is 10.8. The van der Waals surface area contributed by atoms with Crippen molar-refractivity contribution in [2.24, 2.45) is 23.7 Å². The van der Waals surface area contributed by atoms with Gasteiger partial charge in [-0.15, -0.1) is 0 Å². The molecule has 1 saturated carbocycles. The third-order valence-corrected chi connectivity index (χ3v) is 14.0. The first-order valence-corrected chi connectivity index (χ1v) is 30.2. The number of hydrogen-bond donors (Lipinski definition) is 0. The smallest absolute Gasteiger partial charge is 0.161 e. The first-order chi connectivity index (χ1) is 40.4. The van der Waals surface area contributed by atoms with Gasteiger partial charge < -0.3 is 14.2 Å². The van der Waals surface area contributed by atoms with Gasteiger partial charge in [0, 0.05) is 42.4 Å². The third-order valence-electron chi connectivity index (χ3n) is 14.0. The van der Waals surface area contributed by atoms with Gasteiger partial charge in [0.2, 0.25) is 0 Å². The first kappa shape index (κ1) is 77.8. The van der Waals surface area contributed by atoms with Gasteiger partial charge in [0.05, 0.1) is 19.3 Å². The molecule has 10 rings (SSSR count). The van der Waals surface area contributed by atoms with E-state index < -0.39 is 23.3 Å². The normalized spacial score (nSPS) is 18.0. The van der Waals surface area contributed by atoms with E-state index in [4.69, 9.17) is 14.2 Å². The van der Waals surface area contributed by atoms with E-state index in [1.165, 1.54) is 100 Å². The summed E-state index contributed by atoms with van der Waals surface area (Å²) in [5, 5.41) is 0. The van der Waals surface area contributed by atoms with E-state index >= 15 is 0 Å². The molecule has 4 heterocycles. The van der Waals surface area contributed by atoms with Crippen LogP contribution in [-0.4, -0.2) is 47.2 Å². The van der Waals surface area contributed by atoms with Crippen molar-refractivity contribution in [2.45, 2.75) is 189 Å². The Kier molecular flexibility index (Phi) is 38.5. The lowest BCUT2D eigenvalue weighted by molar-refractivity contribution is -0.187. The summed E-state index contributed by atoms with van der Waals surface area (Å²) in [6.07, 6.45) is 14.5. The standard InChI is InChI=1S/2C8H8F2.2C8H9F.C8H16.C8H10.C7H9N.C7H14O.C6H8N2.C6H12O2/c1-5-3-7(9)6(2)8(10)4-5;1-5-3-4-6(2)8(10)7(5)9;2*1-6-3-4-7(2)8(9)5-6;2*1-7-3-5-8(2)6-4-7;2*1-6-3-4-7(2)8-5-6;2*1-5-3-7-6(2)8-4-5/h2*3-4H,1-2H3;2*3-5H,1-2H3;7-8H,3-6H2,1-2H3;3-6H,1-2H3;3-5H,1-2H3;6-7H,3-5H2,1-2H3;3-4H,1-2H3;5-6H,3-4H2,1-2H3. The molecular formula is C74H103F6N3O3. The molecule has 474 valence electrons. The molecule has 2 atom stereocenters. The maximum atomic E-state index is 12.6. The molecule has 2 aromatic heterocycles. The van der Waals surface area contributed by atoms with Crippen LogP contribution >= 0.6 is 0 Å². The molecule has 0 bridgehead atoms. The summed E-state index contributed by atoms with van der Waals surface area (Å²) in [6, 6.07) is 28.8. The van der Waals surface area contributed by atoms with Crippen molar-refractivity contribution in [1.82, 2.24) is 15.0 Å². The lowest BCUT2D eigenvalue weighted by Crippen LogP contribution is -2.27. The second-order valence-corrected chi connectivity index (χ2v) is 23.7. The van der Waals surface area contributed by atoms with Gasteiger partial charge in [0.25, 0.3) is 0 Å². The highest BCUT2D eigenvalue weighted by molar-refractivity contribution is 5.26. The van der Waals surface area contributed by atoms with Crippen LogP contribution in [0.4, 0.5) is 26.3 Å². The van der Waals surface area contributed by atoms with Gasteiger partial charge in [-0.3, -0.25) is 4.98 Å². The number of halogens is 6. The minimum Gasteiger partial charge on any atom is -0.378 e. The van der Waals surface area contributed by atoms with Crippen LogP contribution in [0.3, 0.4) is 0 Å². The quantitative estimate of drug-likeness (QED) is 0.141. The highest BCUT2D eigenvalue weighted by Crippen LogP contribution is 2.27. The number of nitrogens with zero attached hydrogens (tertiary/aromatic N) is 3. The van der Waals surface area contributed by atoms with E-state index in [0.29, 0.717) is 39.8 Å². The minimum absolute atomic E-state index is 0.0196. The Hall–Kier alpha value is -6.21. The van der Waals surface area contributed by atoms with Crippen molar-refractivity contribution in [3.05, 3.63) is 229 Å². The SMILES string of the molecule is CC1CCC(C)CC1.CC1CCC(C)OC1.CC1COC(C)OC1.Cc1cc(F)c(C)c(F)c1.Cc1ccc(C)c(F)c1.Cc1ccc(C)c(F)c1.Cc1ccc(C)c(F)c1F.Cc1ccc(C)cc1.Cc1ccc(C)nc1.Cc1cnc(C)nc1. The lowest BCUT2D eigenvalue weighted by atomic mass is 9.84. The van der Waals surface area contributed by atoms with Crippen LogP contribution in [-0.2, 0) is 14.2 Å². The zero-order valence-electron chi connectivity index (χ0n) is 55.6. The van der Waals surface area contributed by atoms with E-state index in [2.05, 4.69) is 93.7 Å². The second kappa shape index (κ2) is 42.6. The molecule has 0 spiro atoms. The van der Waals surface area contributed by atoms with Gasteiger partial charge in [-0.1, -0.05) is 131 Å². The number of rotatable bonds is 0. The Bertz CT molecular complexity index is 2590. The molecule has 3 fully saturated rings. The average molecular weight is 1200 g/mol. The van der Waals surface area contributed by atoms with Crippen molar-refractivity contribution in [1.29, 1.82) is 0 Å². The molecule has 5 aromatic carbocycles. The number of aromatic nitrogens is 3. The Morgan fingerprint density at radius 2 is 0.674 bits per heavy atom. The molecule has 0 N–H and O–H groups in total. The third kappa shape index (κ3) is 36.1. The van der Waals surface area contributed by atoms with Crippen LogP contribution in [0.2, 0.25) is 0 Å². The summed E-state index contributed by atoms with van der Waals surface area (Å²) in [7, 11) is 0. The maximum Gasteiger partial charge on any atom is 0.161 e. The Labute approximate surface area is 515 Å². The second-order valence-electron chi connectivity index (χ2n) is 23.7. The van der Waals surface area contributed by atoms with Crippen molar-refractivity contribution in [3.63, 3.8) is 0 Å². The van der Waals surface area contributed by atoms with Gasteiger partial charge in [0.1, 0.15) is 29.1 Å². The Balaban J connectivity index is 0.000000478. The fourth-order valence-corrected chi connectivity index (χ4v) is 7.68. The molecule has 86 heavy (non-hydrogen) atoms. The topological polar surface area (TPSA) is 66.4 Å². The summed E-state index contributed by atoms with van der Waals surface area (Å²) in [5.74, 6) is 1.59. The molecular weight excluding hydrogens is 1090 g/mol. The number of benzene rings is 5. The Morgan fingerprint density at radius 1 is 0.326 bits per heavy atom. The number of ether oxygens (including phenoxy) is 3. The predicted octanol–water partition coefficient (Wildman–Crippen LogP) is 20.8. The lowest BCUT2D eigenvalue weighted by Gasteiger charge is -2.24. The molecule has 3 aliphatic rings. The van der Waals surface area contributed by atoms with Crippen molar-refractivity contribution < 1.29 is 40.6 Å². The molecule has 0 radical (unpaired) electrons. The maximum absolute atomic E-state index is 12.6. The average Bonchev–Trinajstić information content (AvgIpc) is 3.58. The molecule has 2 unspecified atom stereocenters. The number of aryl methyl sites for hydroxylation is 13. The zero-order valence-corrected chi connectivity index (χ0v) is 55.6. The first-order valence-electron chi connectivity index (χ1n) is 30.2. The van der Waals surface area contributed by atoms with Crippen LogP contribution in [0.5, 0.6) is 0 Å². The fraction of sp³-hybridized carbons (Fsp3) is 0.473. The predicted molar refractivity (Wildman–Crippen MR) is 346 cm³/mol. The van der Waals surface area contributed by atoms with Gasteiger partial charge in [-0.05, 0) is 222 Å². The largest absolute Gasteiger partial charge is 0.378 e. The van der Waals surface area contributed by atoms with Crippen LogP contribution in [0, 0.1) is 156 Å². The summed E-state index contributed by atoms with van der Waals surface area (Å²) >= 11 is 0. The molecule has 2 aliphatic heterocycles. The highest BCUT2D eigenvalue weighted by atomic mass is 19.2. The van der Waals surface area contributed by atoms with Crippen LogP contribution in [0.25, 0.3) is 0 Å². The molecule has 1 aliphatic carbocycles. The fourth-order valence-electron chi connectivity index (χ4n) is 7.68. The van der Waals surface area contributed by atoms with E-state index in [1.807, 2.05) is 85.3 Å². The van der Waals surface area contributed by atoms with Gasteiger partial charge in [-0.2, -0.15) is 0 Å². The minimum atomic E-state index is -0.736. The van der Waals surface area contributed by atoms with E-state index in [1.54, 1.807) is 45.0 Å². The van der Waals surface area contributed by atoms with Crippen molar-refractivity contribution in [3.8, 4) is 0 Å². The molecule has 12 heteroatoms. The highest BCUT2D eigenvalue weighted by Gasteiger charge is 2.15. The zero-order chi connectivity index (χ0) is 65.1. The van der Waals surface area contributed by atoms with E-state index in [9.17, 15) is 26.3 Å². The van der Waals surface area contributed by atoms with Crippen LogP contribution < -0.4 is 0 Å². The monoisotopic (exact) mass is 1200 g/mol. The molecule has 2 saturated heterocycles. The summed E-state index contributed by atoms with van der Waals surface area (Å²) in [4.78, 5) is 12.0.